The fraction of sp³-hybridized carbons (Fsp3) is 0.542. The molecule has 354 valence electrons. The van der Waals surface area contributed by atoms with Crippen LogP contribution in [0.1, 0.15) is 104 Å². The van der Waals surface area contributed by atoms with Crippen molar-refractivity contribution in [1.29, 1.82) is 0 Å². The molecule has 66 heavy (non-hydrogen) atoms. The van der Waals surface area contributed by atoms with Crippen molar-refractivity contribution >= 4 is 35.2 Å². The zero-order chi connectivity index (χ0) is 46.9. The number of aromatic nitrogens is 4. The summed E-state index contributed by atoms with van der Waals surface area (Å²) >= 11 is 0. The number of methoxy groups -OCH3 is 2. The summed E-state index contributed by atoms with van der Waals surface area (Å²) in [6, 6.07) is 10.1. The maximum absolute atomic E-state index is 14.5. The SMILES string of the molecule is CCc1ccc(Nc2ncnc(O[C@H]3CC4CCC3N4C(=O)OC(C)(C)C)c2OC)c(F)c1.CCc1ccc(Nc2ncnc(O[C@H]3CC4CCC3N4C(=O)OC3(C)CC3)c2OC)c(F)c1. The van der Waals surface area contributed by atoms with Crippen LogP contribution in [0, 0.1) is 11.6 Å². The van der Waals surface area contributed by atoms with Crippen LogP contribution in [0.2, 0.25) is 0 Å². The van der Waals surface area contributed by atoms with Crippen LogP contribution in [0.15, 0.2) is 49.1 Å². The molecule has 1 saturated carbocycles. The van der Waals surface area contributed by atoms with Crippen LogP contribution in [0.3, 0.4) is 0 Å². The van der Waals surface area contributed by atoms with Gasteiger partial charge in [0, 0.05) is 24.9 Å². The Labute approximate surface area is 384 Å². The molecule has 4 saturated heterocycles. The first-order chi connectivity index (χ1) is 31.6. The first-order valence-electron chi connectivity index (χ1n) is 22.9. The second-order valence-electron chi connectivity index (χ2n) is 18.7. The molecule has 9 rings (SSSR count). The topological polar surface area (TPSA) is 172 Å². The second kappa shape index (κ2) is 19.0. The predicted octanol–water partition coefficient (Wildman–Crippen LogP) is 9.45. The Morgan fingerprint density at radius 2 is 1.17 bits per heavy atom. The van der Waals surface area contributed by atoms with Gasteiger partial charge in [-0.2, -0.15) is 9.97 Å². The van der Waals surface area contributed by atoms with Gasteiger partial charge in [0.25, 0.3) is 11.8 Å². The van der Waals surface area contributed by atoms with Gasteiger partial charge < -0.3 is 39.1 Å². The number of hydrogen-bond acceptors (Lipinski definition) is 14. The molecule has 6 heterocycles. The molecule has 4 aromatic rings. The molecule has 6 atom stereocenters. The fourth-order valence-corrected chi connectivity index (χ4v) is 9.28. The lowest BCUT2D eigenvalue weighted by molar-refractivity contribution is 0.0179. The molecule has 2 amide bonds. The highest BCUT2D eigenvalue weighted by Crippen LogP contribution is 2.46. The number of hydrogen-bond donors (Lipinski definition) is 2. The molecule has 0 spiro atoms. The molecule has 4 aliphatic heterocycles. The van der Waals surface area contributed by atoms with Crippen LogP contribution in [-0.2, 0) is 22.3 Å². The summed E-state index contributed by atoms with van der Waals surface area (Å²) in [6.45, 7) is 11.5. The minimum Gasteiger partial charge on any atom is -0.489 e. The van der Waals surface area contributed by atoms with Crippen molar-refractivity contribution in [2.75, 3.05) is 24.9 Å². The van der Waals surface area contributed by atoms with Gasteiger partial charge in [-0.15, -0.1) is 0 Å². The summed E-state index contributed by atoms with van der Waals surface area (Å²) in [7, 11) is 2.98. The molecule has 2 aromatic heterocycles. The quantitative estimate of drug-likeness (QED) is 0.130. The molecule has 2 N–H and O–H groups in total. The molecule has 4 bridgehead atoms. The monoisotopic (exact) mass is 914 g/mol. The number of nitrogens with one attached hydrogen (secondary N) is 2. The van der Waals surface area contributed by atoms with Gasteiger partial charge in [0.1, 0.15) is 47.7 Å². The van der Waals surface area contributed by atoms with E-state index in [0.717, 1.165) is 62.5 Å². The first-order valence-corrected chi connectivity index (χ1v) is 22.9. The van der Waals surface area contributed by atoms with Crippen LogP contribution in [0.4, 0.5) is 41.4 Å². The third kappa shape index (κ3) is 9.96. The summed E-state index contributed by atoms with van der Waals surface area (Å²) in [5.41, 5.74) is 1.52. The van der Waals surface area contributed by atoms with E-state index < -0.39 is 5.60 Å². The number of carbonyl (C=O) groups excluding carboxylic acids is 2. The third-order valence-electron chi connectivity index (χ3n) is 12.9. The highest BCUT2D eigenvalue weighted by molar-refractivity contribution is 5.71. The number of rotatable bonds is 13. The van der Waals surface area contributed by atoms with Crippen molar-refractivity contribution in [3.8, 4) is 23.3 Å². The molecule has 5 fully saturated rings. The van der Waals surface area contributed by atoms with Gasteiger partial charge in [-0.05, 0) is 114 Å². The molecular formula is C48H60F2N8O8. The zero-order valence-electron chi connectivity index (χ0n) is 38.9. The van der Waals surface area contributed by atoms with E-state index in [2.05, 4.69) is 30.6 Å². The van der Waals surface area contributed by atoms with E-state index in [1.54, 1.807) is 17.0 Å². The lowest BCUT2D eigenvalue weighted by Gasteiger charge is -2.28. The Hall–Kier alpha value is -6.20. The first kappa shape index (κ1) is 46.3. The Morgan fingerprint density at radius 3 is 1.56 bits per heavy atom. The maximum atomic E-state index is 14.5. The number of halogens is 2. The number of aryl methyl sites for hydroxylation is 2. The van der Waals surface area contributed by atoms with E-state index in [-0.39, 0.29) is 94.7 Å². The van der Waals surface area contributed by atoms with E-state index >= 15 is 0 Å². The van der Waals surface area contributed by atoms with Crippen molar-refractivity contribution in [2.24, 2.45) is 0 Å². The average Bonchev–Trinajstić information content (AvgIpc) is 3.64. The van der Waals surface area contributed by atoms with Gasteiger partial charge in [-0.25, -0.2) is 28.3 Å². The van der Waals surface area contributed by atoms with Gasteiger partial charge in [-0.3, -0.25) is 9.80 Å². The van der Waals surface area contributed by atoms with Crippen molar-refractivity contribution in [2.45, 2.75) is 153 Å². The molecule has 18 heteroatoms. The minimum absolute atomic E-state index is 0.0695. The summed E-state index contributed by atoms with van der Waals surface area (Å²) in [5, 5.41) is 5.97. The number of carbonyl (C=O) groups is 2. The van der Waals surface area contributed by atoms with E-state index in [1.165, 1.54) is 39.0 Å². The van der Waals surface area contributed by atoms with Gasteiger partial charge in [0.2, 0.25) is 11.5 Å². The largest absolute Gasteiger partial charge is 0.489 e. The highest BCUT2D eigenvalue weighted by atomic mass is 19.1. The lowest BCUT2D eigenvalue weighted by atomic mass is 9.98. The van der Waals surface area contributed by atoms with Crippen molar-refractivity contribution < 1.29 is 46.8 Å². The summed E-state index contributed by atoms with van der Waals surface area (Å²) in [6.07, 6.45) is 9.94. The van der Waals surface area contributed by atoms with Crippen LogP contribution >= 0.6 is 0 Å². The van der Waals surface area contributed by atoms with Gasteiger partial charge in [0.15, 0.2) is 11.6 Å². The Kier molecular flexibility index (Phi) is 13.3. The number of amides is 2. The molecule has 1 aliphatic carbocycles. The number of benzene rings is 2. The number of nitrogens with zero attached hydrogens (tertiary/aromatic N) is 6. The van der Waals surface area contributed by atoms with Gasteiger partial charge in [0.05, 0.1) is 37.7 Å². The van der Waals surface area contributed by atoms with Crippen molar-refractivity contribution in [1.82, 2.24) is 29.7 Å². The summed E-state index contributed by atoms with van der Waals surface area (Å²) < 4.78 is 63.8. The molecule has 0 radical (unpaired) electrons. The number of fused-ring (bicyclic) bond motifs is 4. The molecule has 16 nitrogen and oxygen atoms in total. The minimum atomic E-state index is -0.559. The normalized spacial score (nSPS) is 23.1. The third-order valence-corrected chi connectivity index (χ3v) is 12.9. The van der Waals surface area contributed by atoms with Crippen LogP contribution in [0.5, 0.6) is 23.3 Å². The van der Waals surface area contributed by atoms with E-state index in [4.69, 9.17) is 28.4 Å². The van der Waals surface area contributed by atoms with Crippen molar-refractivity contribution in [3.63, 3.8) is 0 Å². The predicted molar refractivity (Wildman–Crippen MR) is 241 cm³/mol. The standard InChI is InChI=1S/C24H29FN4O4.C24H31FN4O4/c1-4-14-5-7-17(16(25)11-14)28-21-20(31-3)22(27-13-26-21)32-19-12-15-6-8-18(19)29(15)23(30)33-24(2)9-10-24;1-6-14-7-9-17(16(25)11-14)28-21-20(31-5)22(27-13-26-21)32-19-12-15-8-10-18(19)29(15)23(30)33-24(2,3)4/h5,7,11,13,15,18-19H,4,6,8-10,12H2,1-3H3,(H,26,27,28);7,9,11,13,15,18-19H,6,8,10,12H2,1-5H3,(H,26,27,28)/t2*15?,18?,19-/m00/s1. The highest BCUT2D eigenvalue weighted by Gasteiger charge is 2.54. The van der Waals surface area contributed by atoms with E-state index in [0.29, 0.717) is 30.2 Å². The summed E-state index contributed by atoms with van der Waals surface area (Å²) in [4.78, 5) is 46.1. The number of anilines is 4. The molecular weight excluding hydrogens is 855 g/mol. The van der Waals surface area contributed by atoms with Crippen LogP contribution in [-0.4, -0.2) is 104 Å². The van der Waals surface area contributed by atoms with Gasteiger partial charge in [-0.1, -0.05) is 26.0 Å². The second-order valence-corrected chi connectivity index (χ2v) is 18.7. The smallest absolute Gasteiger partial charge is 0.410 e. The molecule has 4 unspecified atom stereocenters. The Balaban J connectivity index is 0.000000179. The number of ether oxygens (including phenoxy) is 6. The fourth-order valence-electron chi connectivity index (χ4n) is 9.28. The maximum Gasteiger partial charge on any atom is 0.410 e. The Bertz CT molecular complexity index is 2260. The molecule has 2 aromatic carbocycles. The van der Waals surface area contributed by atoms with Crippen molar-refractivity contribution in [3.05, 3.63) is 71.8 Å². The Morgan fingerprint density at radius 1 is 0.712 bits per heavy atom. The zero-order valence-corrected chi connectivity index (χ0v) is 38.9. The van der Waals surface area contributed by atoms with Crippen LogP contribution < -0.4 is 29.6 Å². The summed E-state index contributed by atoms with van der Waals surface area (Å²) in [5.74, 6) is 0.956. The molecule has 5 aliphatic rings. The average molecular weight is 915 g/mol. The van der Waals surface area contributed by atoms with E-state index in [9.17, 15) is 18.4 Å². The van der Waals surface area contributed by atoms with E-state index in [1.807, 2.05) is 58.6 Å². The van der Waals surface area contributed by atoms with Crippen LogP contribution in [0.25, 0.3) is 0 Å². The lowest BCUT2D eigenvalue weighted by Crippen LogP contribution is -2.42. The van der Waals surface area contributed by atoms with Gasteiger partial charge >= 0.3 is 12.2 Å².